The Balaban J connectivity index is 1.34. The molecule has 2 heterocycles. The predicted molar refractivity (Wildman–Crippen MR) is 102 cm³/mol. The number of halogens is 1. The normalized spacial score (nSPS) is 11.0. The zero-order valence-corrected chi connectivity index (χ0v) is 15.2. The fraction of sp³-hybridized carbons (Fsp3) is 0.105. The molecule has 0 saturated carbocycles. The van der Waals surface area contributed by atoms with Gasteiger partial charge in [0.25, 0.3) is 0 Å². The largest absolute Gasteiger partial charge is 0.444 e. The van der Waals surface area contributed by atoms with E-state index in [-0.39, 0.29) is 0 Å². The van der Waals surface area contributed by atoms with E-state index in [1.807, 2.05) is 54.6 Å². The maximum Gasteiger partial charge on any atom is 0.236 e. The molecule has 0 aliphatic rings. The second kappa shape index (κ2) is 7.76. The Hall–Kier alpha value is -2.57. The monoisotopic (exact) mass is 383 g/mol. The van der Waals surface area contributed by atoms with Crippen LogP contribution in [0.25, 0.3) is 22.8 Å². The number of nitrogens with zero attached hydrogens (tertiary/aromatic N) is 3. The van der Waals surface area contributed by atoms with Crippen molar-refractivity contribution in [2.75, 3.05) is 0 Å². The van der Waals surface area contributed by atoms with E-state index >= 15 is 0 Å². The molecule has 0 radical (unpaired) electrons. The number of hydrogen-bond acceptors (Lipinski definition) is 6. The second-order valence-electron chi connectivity index (χ2n) is 5.52. The molecule has 0 saturated heterocycles. The SMILES string of the molecule is Clc1ccc(-c2nc(CSCc3nc(-c4ccccc4)no3)co2)cc1. The third kappa shape index (κ3) is 3.98. The van der Waals surface area contributed by atoms with Gasteiger partial charge in [-0.3, -0.25) is 0 Å². The van der Waals surface area contributed by atoms with E-state index in [9.17, 15) is 0 Å². The number of rotatable bonds is 6. The Labute approximate surface area is 159 Å². The molecule has 0 atom stereocenters. The first kappa shape index (κ1) is 16.9. The fourth-order valence-corrected chi connectivity index (χ4v) is 3.22. The second-order valence-corrected chi connectivity index (χ2v) is 6.94. The molecule has 0 spiro atoms. The van der Waals surface area contributed by atoms with Crippen LogP contribution >= 0.6 is 23.4 Å². The standard InChI is InChI=1S/C19H14ClN3O2S/c20-15-8-6-14(7-9-15)19-21-16(10-24-19)11-26-12-17-22-18(23-25-17)13-4-2-1-3-5-13/h1-10H,11-12H2. The van der Waals surface area contributed by atoms with Crippen LogP contribution in [0.4, 0.5) is 0 Å². The van der Waals surface area contributed by atoms with Crippen LogP contribution in [0.5, 0.6) is 0 Å². The molecule has 2 aromatic carbocycles. The highest BCUT2D eigenvalue weighted by atomic mass is 35.5. The van der Waals surface area contributed by atoms with Crippen molar-refractivity contribution in [1.29, 1.82) is 0 Å². The number of benzene rings is 2. The maximum atomic E-state index is 5.90. The van der Waals surface area contributed by atoms with E-state index in [4.69, 9.17) is 20.5 Å². The smallest absolute Gasteiger partial charge is 0.236 e. The molecular formula is C19H14ClN3O2S. The summed E-state index contributed by atoms with van der Waals surface area (Å²) < 4.78 is 10.8. The lowest BCUT2D eigenvalue weighted by Crippen LogP contribution is -1.85. The average molecular weight is 384 g/mol. The quantitative estimate of drug-likeness (QED) is 0.439. The third-order valence-electron chi connectivity index (χ3n) is 3.62. The van der Waals surface area contributed by atoms with Gasteiger partial charge in [-0.1, -0.05) is 47.1 Å². The number of oxazole rings is 1. The van der Waals surface area contributed by atoms with Crippen molar-refractivity contribution >= 4 is 23.4 Å². The van der Waals surface area contributed by atoms with Gasteiger partial charge in [0.2, 0.25) is 17.6 Å². The van der Waals surface area contributed by atoms with Crippen LogP contribution in [0.2, 0.25) is 5.02 Å². The summed E-state index contributed by atoms with van der Waals surface area (Å²) in [6.07, 6.45) is 1.67. The summed E-state index contributed by atoms with van der Waals surface area (Å²) in [5, 5.41) is 4.70. The van der Waals surface area contributed by atoms with Crippen LogP contribution < -0.4 is 0 Å². The van der Waals surface area contributed by atoms with Crippen LogP contribution in [0, 0.1) is 0 Å². The fourth-order valence-electron chi connectivity index (χ4n) is 2.36. The first-order valence-electron chi connectivity index (χ1n) is 7.94. The van der Waals surface area contributed by atoms with Crippen molar-refractivity contribution in [3.8, 4) is 22.8 Å². The van der Waals surface area contributed by atoms with Crippen molar-refractivity contribution in [2.45, 2.75) is 11.5 Å². The molecule has 2 aromatic heterocycles. The molecule has 0 bridgehead atoms. The van der Waals surface area contributed by atoms with Crippen molar-refractivity contribution < 1.29 is 8.94 Å². The van der Waals surface area contributed by atoms with Crippen molar-refractivity contribution in [3.05, 3.63) is 77.5 Å². The van der Waals surface area contributed by atoms with Crippen LogP contribution in [-0.2, 0) is 11.5 Å². The van der Waals surface area contributed by atoms with Gasteiger partial charge in [-0.05, 0) is 24.3 Å². The molecule has 0 aliphatic carbocycles. The molecule has 0 unspecified atom stereocenters. The summed E-state index contributed by atoms with van der Waals surface area (Å²) in [6, 6.07) is 17.2. The molecule has 5 nitrogen and oxygen atoms in total. The lowest BCUT2D eigenvalue weighted by Gasteiger charge is -1.95. The van der Waals surface area contributed by atoms with E-state index in [1.54, 1.807) is 18.0 Å². The van der Waals surface area contributed by atoms with Gasteiger partial charge >= 0.3 is 0 Å². The van der Waals surface area contributed by atoms with Crippen molar-refractivity contribution in [1.82, 2.24) is 15.1 Å². The highest BCUT2D eigenvalue weighted by molar-refractivity contribution is 7.97. The molecule has 0 amide bonds. The minimum atomic E-state index is 0.585. The van der Waals surface area contributed by atoms with Gasteiger partial charge in [-0.25, -0.2) is 4.98 Å². The van der Waals surface area contributed by atoms with E-state index in [1.165, 1.54) is 0 Å². The highest BCUT2D eigenvalue weighted by Crippen LogP contribution is 2.24. The van der Waals surface area contributed by atoms with Gasteiger partial charge in [0.15, 0.2) is 0 Å². The van der Waals surface area contributed by atoms with Gasteiger partial charge < -0.3 is 8.94 Å². The maximum absolute atomic E-state index is 5.90. The molecule has 130 valence electrons. The van der Waals surface area contributed by atoms with Gasteiger partial charge in [0.1, 0.15) is 6.26 Å². The molecule has 0 N–H and O–H groups in total. The van der Waals surface area contributed by atoms with Crippen LogP contribution in [0.1, 0.15) is 11.6 Å². The van der Waals surface area contributed by atoms with Gasteiger partial charge in [0.05, 0.1) is 11.4 Å². The average Bonchev–Trinajstić information content (AvgIpc) is 3.33. The minimum Gasteiger partial charge on any atom is -0.444 e. The van der Waals surface area contributed by atoms with Gasteiger partial charge in [0, 0.05) is 21.9 Å². The summed E-state index contributed by atoms with van der Waals surface area (Å²) >= 11 is 7.54. The zero-order chi connectivity index (χ0) is 17.8. The molecule has 7 heteroatoms. The Kier molecular flexibility index (Phi) is 5.04. The summed E-state index contributed by atoms with van der Waals surface area (Å²) in [7, 11) is 0. The van der Waals surface area contributed by atoms with Crippen molar-refractivity contribution in [3.63, 3.8) is 0 Å². The Morgan fingerprint density at radius 3 is 2.50 bits per heavy atom. The number of aromatic nitrogens is 3. The summed E-state index contributed by atoms with van der Waals surface area (Å²) in [6.45, 7) is 0. The molecule has 0 fully saturated rings. The van der Waals surface area contributed by atoms with E-state index in [0.29, 0.717) is 34.1 Å². The molecule has 0 aliphatic heterocycles. The molecular weight excluding hydrogens is 370 g/mol. The topological polar surface area (TPSA) is 65.0 Å². The van der Waals surface area contributed by atoms with Crippen LogP contribution in [-0.4, -0.2) is 15.1 Å². The summed E-state index contributed by atoms with van der Waals surface area (Å²) in [5.74, 6) is 3.09. The highest BCUT2D eigenvalue weighted by Gasteiger charge is 2.10. The number of hydrogen-bond donors (Lipinski definition) is 0. The lowest BCUT2D eigenvalue weighted by molar-refractivity contribution is 0.391. The third-order valence-corrected chi connectivity index (χ3v) is 4.82. The first-order chi connectivity index (χ1) is 12.8. The van der Waals surface area contributed by atoms with Crippen molar-refractivity contribution in [2.24, 2.45) is 0 Å². The molecule has 4 aromatic rings. The number of thioether (sulfide) groups is 1. The van der Waals surface area contributed by atoms with E-state index in [2.05, 4.69) is 15.1 Å². The van der Waals surface area contributed by atoms with E-state index < -0.39 is 0 Å². The minimum absolute atomic E-state index is 0.585. The summed E-state index contributed by atoms with van der Waals surface area (Å²) in [4.78, 5) is 8.91. The Morgan fingerprint density at radius 2 is 1.69 bits per heavy atom. The predicted octanol–water partition coefficient (Wildman–Crippen LogP) is 5.48. The molecule has 26 heavy (non-hydrogen) atoms. The first-order valence-corrected chi connectivity index (χ1v) is 9.47. The Morgan fingerprint density at radius 1 is 0.885 bits per heavy atom. The lowest BCUT2D eigenvalue weighted by atomic mass is 10.2. The van der Waals surface area contributed by atoms with Crippen LogP contribution in [0.3, 0.4) is 0 Å². The summed E-state index contributed by atoms with van der Waals surface area (Å²) in [5.41, 5.74) is 2.70. The Bertz CT molecular complexity index is 983. The van der Waals surface area contributed by atoms with Crippen LogP contribution in [0.15, 0.2) is 69.8 Å². The molecule has 4 rings (SSSR count). The van der Waals surface area contributed by atoms with Gasteiger partial charge in [-0.15, -0.1) is 11.8 Å². The zero-order valence-electron chi connectivity index (χ0n) is 13.6. The van der Waals surface area contributed by atoms with Gasteiger partial charge in [-0.2, -0.15) is 4.98 Å². The van der Waals surface area contributed by atoms with E-state index in [0.717, 1.165) is 16.8 Å².